The highest BCUT2D eigenvalue weighted by molar-refractivity contribution is 5.98. The van der Waals surface area contributed by atoms with Gasteiger partial charge in [0.1, 0.15) is 0 Å². The molecule has 0 unspecified atom stereocenters. The predicted molar refractivity (Wildman–Crippen MR) is 81.3 cm³/mol. The SMILES string of the molecule is Cc1c(C)c(C)c(C(=O)N(CCO)C2CC2)c(C)c1C. The third-order valence-electron chi connectivity index (χ3n) is 4.80. The molecular weight excluding hydrogens is 250 g/mol. The number of amides is 1. The van der Waals surface area contributed by atoms with Gasteiger partial charge in [0.25, 0.3) is 5.91 Å². The van der Waals surface area contributed by atoms with Crippen molar-refractivity contribution in [3.63, 3.8) is 0 Å². The van der Waals surface area contributed by atoms with Crippen LogP contribution in [0.25, 0.3) is 0 Å². The zero-order chi connectivity index (χ0) is 15.0. The molecule has 0 heterocycles. The Labute approximate surface area is 121 Å². The van der Waals surface area contributed by atoms with Crippen molar-refractivity contribution in [2.75, 3.05) is 13.2 Å². The Morgan fingerprint density at radius 1 is 1.00 bits per heavy atom. The van der Waals surface area contributed by atoms with Gasteiger partial charge >= 0.3 is 0 Å². The minimum Gasteiger partial charge on any atom is -0.395 e. The number of nitrogens with zero attached hydrogens (tertiary/aromatic N) is 1. The predicted octanol–water partition coefficient (Wildman–Crippen LogP) is 2.83. The van der Waals surface area contributed by atoms with E-state index in [0.29, 0.717) is 12.6 Å². The normalized spacial score (nSPS) is 14.5. The highest BCUT2D eigenvalue weighted by atomic mass is 16.3. The van der Waals surface area contributed by atoms with E-state index in [4.69, 9.17) is 0 Å². The lowest BCUT2D eigenvalue weighted by molar-refractivity contribution is 0.0706. The largest absolute Gasteiger partial charge is 0.395 e. The summed E-state index contributed by atoms with van der Waals surface area (Å²) in [5, 5.41) is 9.21. The van der Waals surface area contributed by atoms with Gasteiger partial charge in [0, 0.05) is 18.2 Å². The Morgan fingerprint density at radius 2 is 1.45 bits per heavy atom. The Balaban J connectivity index is 2.48. The minimum absolute atomic E-state index is 0.0319. The molecule has 1 saturated carbocycles. The molecule has 0 aliphatic heterocycles. The second-order valence-corrected chi connectivity index (χ2v) is 5.95. The van der Waals surface area contributed by atoms with E-state index < -0.39 is 0 Å². The summed E-state index contributed by atoms with van der Waals surface area (Å²) in [7, 11) is 0. The zero-order valence-corrected chi connectivity index (χ0v) is 13.2. The third-order valence-corrected chi connectivity index (χ3v) is 4.80. The lowest BCUT2D eigenvalue weighted by Gasteiger charge is -2.25. The Morgan fingerprint density at radius 3 is 1.85 bits per heavy atom. The summed E-state index contributed by atoms with van der Waals surface area (Å²) in [6, 6.07) is 0.329. The average molecular weight is 275 g/mol. The van der Waals surface area contributed by atoms with Crippen LogP contribution >= 0.6 is 0 Å². The fourth-order valence-electron chi connectivity index (χ4n) is 2.91. The molecule has 110 valence electrons. The highest BCUT2D eigenvalue weighted by Crippen LogP contribution is 2.32. The van der Waals surface area contributed by atoms with Gasteiger partial charge in [-0.3, -0.25) is 4.79 Å². The van der Waals surface area contributed by atoms with Crippen LogP contribution in [0.5, 0.6) is 0 Å². The first-order chi connectivity index (χ1) is 9.40. The van der Waals surface area contributed by atoms with Crippen LogP contribution in [0.15, 0.2) is 0 Å². The van der Waals surface area contributed by atoms with Crippen LogP contribution in [-0.4, -0.2) is 35.1 Å². The molecule has 20 heavy (non-hydrogen) atoms. The van der Waals surface area contributed by atoms with Crippen molar-refractivity contribution in [2.45, 2.75) is 53.5 Å². The molecule has 0 spiro atoms. The minimum atomic E-state index is 0.0319. The molecule has 1 aromatic carbocycles. The summed E-state index contributed by atoms with van der Waals surface area (Å²) in [4.78, 5) is 14.7. The maximum atomic E-state index is 12.9. The van der Waals surface area contributed by atoms with E-state index >= 15 is 0 Å². The van der Waals surface area contributed by atoms with Gasteiger partial charge in [-0.2, -0.15) is 0 Å². The Hall–Kier alpha value is -1.35. The van der Waals surface area contributed by atoms with Crippen LogP contribution in [0.1, 0.15) is 51.0 Å². The van der Waals surface area contributed by atoms with Crippen molar-refractivity contribution in [3.05, 3.63) is 33.4 Å². The summed E-state index contributed by atoms with van der Waals surface area (Å²) < 4.78 is 0. The number of carbonyl (C=O) groups is 1. The van der Waals surface area contributed by atoms with Crippen LogP contribution in [0.2, 0.25) is 0 Å². The van der Waals surface area contributed by atoms with Crippen molar-refractivity contribution in [2.24, 2.45) is 0 Å². The quantitative estimate of drug-likeness (QED) is 0.918. The topological polar surface area (TPSA) is 40.5 Å². The van der Waals surface area contributed by atoms with E-state index in [9.17, 15) is 9.90 Å². The fourth-order valence-corrected chi connectivity index (χ4v) is 2.91. The van der Waals surface area contributed by atoms with Gasteiger partial charge in [0.2, 0.25) is 0 Å². The van der Waals surface area contributed by atoms with E-state index in [1.165, 1.54) is 16.7 Å². The zero-order valence-electron chi connectivity index (χ0n) is 13.2. The van der Waals surface area contributed by atoms with Gasteiger partial charge in [-0.05, 0) is 75.3 Å². The van der Waals surface area contributed by atoms with Crippen LogP contribution in [0, 0.1) is 34.6 Å². The molecule has 1 amide bonds. The monoisotopic (exact) mass is 275 g/mol. The number of aliphatic hydroxyl groups is 1. The lowest BCUT2D eigenvalue weighted by atomic mass is 9.89. The molecule has 1 aromatic rings. The highest BCUT2D eigenvalue weighted by Gasteiger charge is 2.34. The van der Waals surface area contributed by atoms with Crippen molar-refractivity contribution >= 4 is 5.91 Å². The fraction of sp³-hybridized carbons (Fsp3) is 0.588. The van der Waals surface area contributed by atoms with Crippen molar-refractivity contribution in [1.82, 2.24) is 4.90 Å². The van der Waals surface area contributed by atoms with Crippen molar-refractivity contribution < 1.29 is 9.90 Å². The molecule has 0 radical (unpaired) electrons. The second-order valence-electron chi connectivity index (χ2n) is 5.95. The number of rotatable bonds is 4. The third kappa shape index (κ3) is 2.47. The lowest BCUT2D eigenvalue weighted by Crippen LogP contribution is -2.36. The summed E-state index contributed by atoms with van der Waals surface area (Å²) in [5.74, 6) is 0.0859. The van der Waals surface area contributed by atoms with Crippen molar-refractivity contribution in [3.8, 4) is 0 Å². The second kappa shape index (κ2) is 5.57. The molecular formula is C17H25NO2. The van der Waals surface area contributed by atoms with Gasteiger partial charge in [0.15, 0.2) is 0 Å². The Bertz CT molecular complexity index is 515. The van der Waals surface area contributed by atoms with Crippen molar-refractivity contribution in [1.29, 1.82) is 0 Å². The first kappa shape index (κ1) is 15.0. The summed E-state index contributed by atoms with van der Waals surface area (Å²) >= 11 is 0. The van der Waals surface area contributed by atoms with E-state index in [2.05, 4.69) is 20.8 Å². The maximum Gasteiger partial charge on any atom is 0.254 e. The molecule has 3 nitrogen and oxygen atoms in total. The average Bonchev–Trinajstić information content (AvgIpc) is 3.24. The van der Waals surface area contributed by atoms with Crippen LogP contribution in [-0.2, 0) is 0 Å². The smallest absolute Gasteiger partial charge is 0.254 e. The van der Waals surface area contributed by atoms with Crippen LogP contribution in [0.4, 0.5) is 0 Å². The molecule has 1 aliphatic rings. The summed E-state index contributed by atoms with van der Waals surface area (Å²) in [5.41, 5.74) is 6.69. The standard InChI is InChI=1S/C17H25NO2/c1-10-11(2)13(4)16(14(5)12(10)3)17(20)18(8-9-19)15-6-7-15/h15,19H,6-9H2,1-5H3. The van der Waals surface area contributed by atoms with E-state index in [1.54, 1.807) is 0 Å². The number of benzene rings is 1. The van der Waals surface area contributed by atoms with Gasteiger partial charge in [-0.1, -0.05) is 0 Å². The number of hydrogen-bond acceptors (Lipinski definition) is 2. The number of aliphatic hydroxyl groups excluding tert-OH is 1. The van der Waals surface area contributed by atoms with Crippen LogP contribution < -0.4 is 0 Å². The molecule has 0 bridgehead atoms. The molecule has 1 fully saturated rings. The first-order valence-corrected chi connectivity index (χ1v) is 7.38. The van der Waals surface area contributed by atoms with E-state index in [-0.39, 0.29) is 12.5 Å². The number of carbonyl (C=O) groups excluding carboxylic acids is 1. The van der Waals surface area contributed by atoms with Gasteiger partial charge in [0.05, 0.1) is 6.61 Å². The van der Waals surface area contributed by atoms with Gasteiger partial charge < -0.3 is 10.0 Å². The molecule has 2 rings (SSSR count). The van der Waals surface area contributed by atoms with Gasteiger partial charge in [-0.25, -0.2) is 0 Å². The summed E-state index contributed by atoms with van der Waals surface area (Å²) in [6.07, 6.45) is 2.13. The molecule has 3 heteroatoms. The molecule has 0 saturated heterocycles. The first-order valence-electron chi connectivity index (χ1n) is 7.38. The van der Waals surface area contributed by atoms with Gasteiger partial charge in [-0.15, -0.1) is 0 Å². The Kier molecular flexibility index (Phi) is 4.19. The van der Waals surface area contributed by atoms with E-state index in [0.717, 1.165) is 29.5 Å². The maximum absolute atomic E-state index is 12.9. The number of hydrogen-bond donors (Lipinski definition) is 1. The van der Waals surface area contributed by atoms with E-state index in [1.807, 2.05) is 18.7 Å². The van der Waals surface area contributed by atoms with Crippen LogP contribution in [0.3, 0.4) is 0 Å². The molecule has 0 aromatic heterocycles. The summed E-state index contributed by atoms with van der Waals surface area (Å²) in [6.45, 7) is 10.8. The molecule has 1 N–H and O–H groups in total. The molecule has 0 atom stereocenters. The molecule has 1 aliphatic carbocycles.